The van der Waals surface area contributed by atoms with E-state index in [4.69, 9.17) is 10.8 Å². The Labute approximate surface area is 97.8 Å². The van der Waals surface area contributed by atoms with Gasteiger partial charge in [-0.1, -0.05) is 18.2 Å². The lowest BCUT2D eigenvalue weighted by molar-refractivity contribution is -0.141. The molecule has 0 radical (unpaired) electrons. The van der Waals surface area contributed by atoms with Crippen LogP contribution in [-0.2, 0) is 16.1 Å². The van der Waals surface area contributed by atoms with Crippen molar-refractivity contribution in [3.63, 3.8) is 0 Å². The highest BCUT2D eigenvalue weighted by molar-refractivity contribution is 5.91. The molecule has 17 heavy (non-hydrogen) atoms. The maximum absolute atomic E-state index is 11.3. The summed E-state index contributed by atoms with van der Waals surface area (Å²) >= 11 is 0. The molecular weight excluding hydrogens is 222 g/mol. The van der Waals surface area contributed by atoms with E-state index >= 15 is 0 Å². The molecule has 6 heteroatoms. The van der Waals surface area contributed by atoms with Gasteiger partial charge in [0.1, 0.15) is 12.1 Å². The van der Waals surface area contributed by atoms with Crippen LogP contribution in [0.3, 0.4) is 0 Å². The van der Waals surface area contributed by atoms with Gasteiger partial charge >= 0.3 is 5.97 Å². The van der Waals surface area contributed by atoms with Crippen molar-refractivity contribution < 1.29 is 14.7 Å². The molecule has 1 aliphatic rings. The summed E-state index contributed by atoms with van der Waals surface area (Å²) in [6.45, 7) is 0.379. The van der Waals surface area contributed by atoms with E-state index in [9.17, 15) is 9.59 Å². The van der Waals surface area contributed by atoms with Crippen molar-refractivity contribution in [1.82, 2.24) is 5.32 Å². The fourth-order valence-electron chi connectivity index (χ4n) is 1.87. The Hall–Kier alpha value is -2.08. The molecule has 0 aliphatic carbocycles. The van der Waals surface area contributed by atoms with E-state index in [1.165, 1.54) is 0 Å². The van der Waals surface area contributed by atoms with Crippen LogP contribution in [0.4, 0.5) is 5.69 Å². The first-order chi connectivity index (χ1) is 8.09. The third kappa shape index (κ3) is 2.21. The molecule has 1 aliphatic heterocycles. The van der Waals surface area contributed by atoms with E-state index in [1.807, 2.05) is 18.2 Å². The van der Waals surface area contributed by atoms with E-state index in [-0.39, 0.29) is 0 Å². The normalized spacial score (nSPS) is 23.1. The molecular formula is C11H13N3O3. The van der Waals surface area contributed by atoms with Gasteiger partial charge in [0.2, 0.25) is 5.91 Å². The minimum Gasteiger partial charge on any atom is -0.480 e. The van der Waals surface area contributed by atoms with Crippen molar-refractivity contribution in [3.8, 4) is 0 Å². The number of carbonyl (C=O) groups excluding carboxylic acids is 1. The Bertz CT molecular complexity index is 461. The number of fused-ring (bicyclic) bond motifs is 1. The lowest BCUT2D eigenvalue weighted by Gasteiger charge is -2.20. The van der Waals surface area contributed by atoms with E-state index in [0.29, 0.717) is 6.54 Å². The summed E-state index contributed by atoms with van der Waals surface area (Å²) in [6.07, 6.45) is 0. The number of nitrogens with one attached hydrogen (secondary N) is 2. The van der Waals surface area contributed by atoms with E-state index in [2.05, 4.69) is 10.6 Å². The summed E-state index contributed by atoms with van der Waals surface area (Å²) in [5, 5.41) is 14.7. The Morgan fingerprint density at radius 2 is 2.00 bits per heavy atom. The lowest BCUT2D eigenvalue weighted by atomic mass is 10.1. The zero-order valence-corrected chi connectivity index (χ0v) is 9.01. The number of aliphatic carboxylic acids is 1. The molecule has 2 atom stereocenters. The Morgan fingerprint density at radius 3 is 2.65 bits per heavy atom. The monoisotopic (exact) mass is 235 g/mol. The predicted octanol–water partition coefficient (Wildman–Crippen LogP) is -0.491. The second kappa shape index (κ2) is 4.42. The largest absolute Gasteiger partial charge is 0.480 e. The number of anilines is 1. The maximum atomic E-state index is 11.3. The first kappa shape index (κ1) is 11.4. The Balaban J connectivity index is 2.35. The molecule has 90 valence electrons. The Kier molecular flexibility index (Phi) is 2.97. The van der Waals surface area contributed by atoms with Gasteiger partial charge in [-0.25, -0.2) is 0 Å². The fraction of sp³-hybridized carbons (Fsp3) is 0.273. The number of carbonyl (C=O) groups is 2. The minimum atomic E-state index is -1.10. The predicted molar refractivity (Wildman–Crippen MR) is 61.3 cm³/mol. The average Bonchev–Trinajstić information content (AvgIpc) is 2.47. The van der Waals surface area contributed by atoms with Crippen molar-refractivity contribution in [3.05, 3.63) is 29.8 Å². The van der Waals surface area contributed by atoms with E-state index in [1.54, 1.807) is 6.07 Å². The molecule has 0 aromatic heterocycles. The van der Waals surface area contributed by atoms with Gasteiger partial charge in [-0.05, 0) is 11.6 Å². The molecule has 6 nitrogen and oxygen atoms in total. The molecule has 0 saturated heterocycles. The second-order valence-electron chi connectivity index (χ2n) is 3.88. The van der Waals surface area contributed by atoms with Crippen molar-refractivity contribution in [1.29, 1.82) is 0 Å². The topological polar surface area (TPSA) is 104 Å². The molecule has 0 bridgehead atoms. The van der Waals surface area contributed by atoms with Gasteiger partial charge in [0.25, 0.3) is 0 Å². The van der Waals surface area contributed by atoms with Crippen molar-refractivity contribution in [2.75, 3.05) is 5.32 Å². The third-order valence-electron chi connectivity index (χ3n) is 2.75. The number of hydrogen-bond donors (Lipinski definition) is 4. The van der Waals surface area contributed by atoms with Crippen LogP contribution in [0.2, 0.25) is 0 Å². The van der Waals surface area contributed by atoms with Crippen molar-refractivity contribution in [2.24, 2.45) is 5.73 Å². The Morgan fingerprint density at radius 1 is 1.29 bits per heavy atom. The van der Waals surface area contributed by atoms with Crippen LogP contribution in [0.15, 0.2) is 24.3 Å². The molecule has 0 fully saturated rings. The summed E-state index contributed by atoms with van der Waals surface area (Å²) < 4.78 is 0. The summed E-state index contributed by atoms with van der Waals surface area (Å²) in [5.74, 6) is -1.80. The molecule has 2 unspecified atom stereocenters. The van der Waals surface area contributed by atoms with Gasteiger partial charge < -0.3 is 16.2 Å². The molecule has 1 amide bonds. The first-order valence-electron chi connectivity index (χ1n) is 5.19. The average molecular weight is 235 g/mol. The zero-order chi connectivity index (χ0) is 12.4. The van der Waals surface area contributed by atoms with Gasteiger partial charge in [-0.3, -0.25) is 14.9 Å². The summed E-state index contributed by atoms with van der Waals surface area (Å²) in [6, 6.07) is 5.32. The number of para-hydroxylation sites is 1. The first-order valence-corrected chi connectivity index (χ1v) is 5.19. The highest BCUT2D eigenvalue weighted by Gasteiger charge is 2.34. The van der Waals surface area contributed by atoms with E-state index < -0.39 is 24.0 Å². The number of carboxylic acids is 1. The van der Waals surface area contributed by atoms with Crippen LogP contribution in [0, 0.1) is 0 Å². The van der Waals surface area contributed by atoms with Crippen LogP contribution < -0.4 is 16.4 Å². The van der Waals surface area contributed by atoms with Gasteiger partial charge in [0.05, 0.1) is 0 Å². The van der Waals surface area contributed by atoms with Crippen molar-refractivity contribution >= 4 is 17.6 Å². The second-order valence-corrected chi connectivity index (χ2v) is 3.88. The van der Waals surface area contributed by atoms with Gasteiger partial charge in [-0.15, -0.1) is 0 Å². The van der Waals surface area contributed by atoms with Crippen LogP contribution in [0.1, 0.15) is 5.56 Å². The number of rotatable bonds is 2. The SMILES string of the molecule is NC(=O)C1Nc2ccccc2CNC1C(=O)O. The van der Waals surface area contributed by atoms with Crippen molar-refractivity contribution in [2.45, 2.75) is 18.6 Å². The molecule has 1 heterocycles. The summed E-state index contributed by atoms with van der Waals surface area (Å²) in [7, 11) is 0. The van der Waals surface area contributed by atoms with Gasteiger partial charge in [-0.2, -0.15) is 0 Å². The van der Waals surface area contributed by atoms with Crippen LogP contribution in [-0.4, -0.2) is 29.1 Å². The highest BCUT2D eigenvalue weighted by Crippen LogP contribution is 2.20. The maximum Gasteiger partial charge on any atom is 0.323 e. The number of carboxylic acid groups (broad SMARTS) is 1. The minimum absolute atomic E-state index is 0.379. The van der Waals surface area contributed by atoms with Gasteiger partial charge in [0, 0.05) is 12.2 Å². The zero-order valence-electron chi connectivity index (χ0n) is 9.01. The number of hydrogen-bond acceptors (Lipinski definition) is 4. The lowest BCUT2D eigenvalue weighted by Crippen LogP contribution is -2.53. The number of primary amides is 1. The van der Waals surface area contributed by atoms with Crippen LogP contribution >= 0.6 is 0 Å². The summed E-state index contributed by atoms with van der Waals surface area (Å²) in [4.78, 5) is 22.4. The smallest absolute Gasteiger partial charge is 0.323 e. The number of benzene rings is 1. The molecule has 1 aromatic carbocycles. The van der Waals surface area contributed by atoms with Crippen LogP contribution in [0.25, 0.3) is 0 Å². The quantitative estimate of drug-likeness (QED) is 0.553. The molecule has 5 N–H and O–H groups in total. The fourth-order valence-corrected chi connectivity index (χ4v) is 1.87. The standard InChI is InChI=1S/C11H13N3O3/c12-10(15)8-9(11(16)17)13-5-6-3-1-2-4-7(6)14-8/h1-4,8-9,13-14H,5H2,(H2,12,15)(H,16,17). The molecule has 2 rings (SSSR count). The molecule has 1 aromatic rings. The molecule has 0 saturated carbocycles. The highest BCUT2D eigenvalue weighted by atomic mass is 16.4. The molecule has 0 spiro atoms. The number of nitrogens with two attached hydrogens (primary N) is 1. The van der Waals surface area contributed by atoms with E-state index in [0.717, 1.165) is 11.3 Å². The third-order valence-corrected chi connectivity index (χ3v) is 2.75. The van der Waals surface area contributed by atoms with Crippen LogP contribution in [0.5, 0.6) is 0 Å². The summed E-state index contributed by atoms with van der Waals surface area (Å²) in [5.41, 5.74) is 6.85. The number of amides is 1. The van der Waals surface area contributed by atoms with Gasteiger partial charge in [0.15, 0.2) is 0 Å².